The van der Waals surface area contributed by atoms with Crippen molar-refractivity contribution in [1.82, 2.24) is 10.6 Å². The third-order valence-electron chi connectivity index (χ3n) is 5.62. The van der Waals surface area contributed by atoms with Gasteiger partial charge >= 0.3 is 18.2 Å². The molecule has 0 aromatic heterocycles. The van der Waals surface area contributed by atoms with Crippen LogP contribution in [0.4, 0.5) is 18.4 Å². The zero-order valence-corrected chi connectivity index (χ0v) is 23.5. The molecule has 0 radical (unpaired) electrons. The zero-order valence-electron chi connectivity index (χ0n) is 23.5. The Morgan fingerprint density at radius 3 is 1.92 bits per heavy atom. The Balaban J connectivity index is 2.25. The minimum Gasteiger partial charge on any atom is -0.480 e. The number of carboxylic acids is 1. The van der Waals surface area contributed by atoms with Crippen LogP contribution >= 0.6 is 0 Å². The van der Waals surface area contributed by atoms with Gasteiger partial charge in [0.2, 0.25) is 0 Å². The van der Waals surface area contributed by atoms with E-state index in [1.807, 2.05) is 0 Å². The van der Waals surface area contributed by atoms with Crippen LogP contribution in [-0.2, 0) is 27.1 Å². The van der Waals surface area contributed by atoms with Crippen molar-refractivity contribution in [2.75, 3.05) is 0 Å². The predicted molar refractivity (Wildman–Crippen MR) is 142 cm³/mol. The van der Waals surface area contributed by atoms with Crippen LogP contribution in [0.2, 0.25) is 0 Å². The summed E-state index contributed by atoms with van der Waals surface area (Å²) in [4.78, 5) is 36.8. The van der Waals surface area contributed by atoms with E-state index in [-0.39, 0.29) is 30.4 Å². The van der Waals surface area contributed by atoms with Gasteiger partial charge in [-0.1, -0.05) is 30.3 Å². The third kappa shape index (κ3) is 10.2. The van der Waals surface area contributed by atoms with Gasteiger partial charge in [0.1, 0.15) is 28.4 Å². The van der Waals surface area contributed by atoms with Gasteiger partial charge in [0, 0.05) is 6.42 Å². The van der Waals surface area contributed by atoms with Crippen molar-refractivity contribution in [2.24, 2.45) is 0 Å². The largest absolute Gasteiger partial charge is 0.480 e. The minimum atomic E-state index is -1.84. The molecule has 10 heteroatoms. The third-order valence-corrected chi connectivity index (χ3v) is 5.62. The first-order valence-electron chi connectivity index (χ1n) is 12.6. The lowest BCUT2D eigenvalue weighted by atomic mass is 9.90. The van der Waals surface area contributed by atoms with Crippen LogP contribution in [-0.4, -0.2) is 40.0 Å². The molecular formula is C29H38F2N2O6. The average molecular weight is 549 g/mol. The fourth-order valence-corrected chi connectivity index (χ4v) is 3.81. The van der Waals surface area contributed by atoms with Gasteiger partial charge in [-0.05, 0) is 90.1 Å². The molecule has 39 heavy (non-hydrogen) atoms. The second-order valence-electron chi connectivity index (χ2n) is 11.6. The number of hydrogen-bond donors (Lipinski definition) is 3. The summed E-state index contributed by atoms with van der Waals surface area (Å²) in [7, 11) is 0. The van der Waals surface area contributed by atoms with Crippen LogP contribution in [0.25, 0.3) is 0 Å². The Bertz CT molecular complexity index is 1170. The number of nitrogens with one attached hydrogen (secondary N) is 2. The second kappa shape index (κ2) is 12.4. The zero-order chi connectivity index (χ0) is 29.6. The summed E-state index contributed by atoms with van der Waals surface area (Å²) >= 11 is 0. The summed E-state index contributed by atoms with van der Waals surface area (Å²) in [6.45, 7) is 11.4. The van der Waals surface area contributed by atoms with E-state index in [4.69, 9.17) is 9.47 Å². The first-order chi connectivity index (χ1) is 17.9. The van der Waals surface area contributed by atoms with Crippen LogP contribution in [0, 0.1) is 11.6 Å². The van der Waals surface area contributed by atoms with E-state index in [0.717, 1.165) is 0 Å². The van der Waals surface area contributed by atoms with Gasteiger partial charge in [-0.3, -0.25) is 0 Å². The molecule has 2 amide bonds. The van der Waals surface area contributed by atoms with Crippen molar-refractivity contribution < 1.29 is 37.7 Å². The molecule has 0 saturated heterocycles. The lowest BCUT2D eigenvalue weighted by Crippen LogP contribution is -2.55. The molecule has 0 spiro atoms. The highest BCUT2D eigenvalue weighted by Gasteiger charge is 2.37. The quantitative estimate of drug-likeness (QED) is 0.350. The minimum absolute atomic E-state index is 0.0897. The lowest BCUT2D eigenvalue weighted by molar-refractivity contribution is -0.144. The highest BCUT2D eigenvalue weighted by molar-refractivity contribution is 5.84. The Morgan fingerprint density at radius 1 is 0.846 bits per heavy atom. The van der Waals surface area contributed by atoms with Crippen LogP contribution < -0.4 is 10.6 Å². The van der Waals surface area contributed by atoms with Gasteiger partial charge < -0.3 is 25.2 Å². The number of halogens is 2. The van der Waals surface area contributed by atoms with Crippen molar-refractivity contribution >= 4 is 18.2 Å². The summed E-state index contributed by atoms with van der Waals surface area (Å²) < 4.78 is 39.6. The SMILES string of the molecule is CC(C)(C)OC(=O)NC(CCc1cccc(CC(C)(NC(=O)OC(C)(C)C)C(=O)O)c1F)c1ccc(F)cc1. The number of aryl methyl sites for hydroxylation is 1. The number of aliphatic carboxylic acids is 1. The summed E-state index contributed by atoms with van der Waals surface area (Å²) in [6, 6.07) is 9.60. The molecule has 8 nitrogen and oxygen atoms in total. The summed E-state index contributed by atoms with van der Waals surface area (Å²) in [5.41, 5.74) is -2.43. The summed E-state index contributed by atoms with van der Waals surface area (Å²) in [5, 5.41) is 14.9. The number of alkyl carbamates (subject to hydrolysis) is 2. The summed E-state index contributed by atoms with van der Waals surface area (Å²) in [5.74, 6) is -2.41. The molecular weight excluding hydrogens is 510 g/mol. The fraction of sp³-hybridized carbons (Fsp3) is 0.483. The highest BCUT2D eigenvalue weighted by atomic mass is 19.1. The van der Waals surface area contributed by atoms with Crippen molar-refractivity contribution in [3.63, 3.8) is 0 Å². The Hall–Kier alpha value is -3.69. The normalized spacial score (nSPS) is 14.1. The molecule has 0 aliphatic heterocycles. The molecule has 214 valence electrons. The first-order valence-corrected chi connectivity index (χ1v) is 12.6. The maximum Gasteiger partial charge on any atom is 0.408 e. The van der Waals surface area contributed by atoms with Crippen molar-refractivity contribution in [2.45, 2.75) is 90.5 Å². The van der Waals surface area contributed by atoms with Crippen molar-refractivity contribution in [1.29, 1.82) is 0 Å². The topological polar surface area (TPSA) is 114 Å². The van der Waals surface area contributed by atoms with Crippen LogP contribution in [0.3, 0.4) is 0 Å². The average Bonchev–Trinajstić information content (AvgIpc) is 2.76. The van der Waals surface area contributed by atoms with E-state index < -0.39 is 52.6 Å². The van der Waals surface area contributed by atoms with Gasteiger partial charge in [0.05, 0.1) is 6.04 Å². The number of carboxylic acid groups (broad SMARTS) is 1. The highest BCUT2D eigenvalue weighted by Crippen LogP contribution is 2.25. The fourth-order valence-electron chi connectivity index (χ4n) is 3.81. The number of rotatable bonds is 9. The van der Waals surface area contributed by atoms with E-state index >= 15 is 4.39 Å². The molecule has 0 heterocycles. The lowest BCUT2D eigenvalue weighted by Gasteiger charge is -2.29. The molecule has 0 aliphatic carbocycles. The maximum absolute atomic E-state index is 15.6. The second-order valence-corrected chi connectivity index (χ2v) is 11.6. The van der Waals surface area contributed by atoms with E-state index in [9.17, 15) is 23.9 Å². The monoisotopic (exact) mass is 548 g/mol. The number of amides is 2. The molecule has 0 bridgehead atoms. The molecule has 2 atom stereocenters. The Labute approximate surface area is 228 Å². The maximum atomic E-state index is 15.6. The number of carbonyl (C=O) groups excluding carboxylic acids is 2. The molecule has 2 aromatic rings. The van der Waals surface area contributed by atoms with Gasteiger partial charge in [-0.15, -0.1) is 0 Å². The number of carbonyl (C=O) groups is 3. The summed E-state index contributed by atoms with van der Waals surface area (Å²) in [6.07, 6.45) is -1.52. The van der Waals surface area contributed by atoms with Gasteiger partial charge in [-0.25, -0.2) is 23.2 Å². The molecule has 2 unspecified atom stereocenters. The van der Waals surface area contributed by atoms with Gasteiger partial charge in [0.25, 0.3) is 0 Å². The first kappa shape index (κ1) is 31.5. The van der Waals surface area contributed by atoms with E-state index in [1.54, 1.807) is 53.7 Å². The smallest absolute Gasteiger partial charge is 0.408 e. The Morgan fingerprint density at radius 2 is 1.38 bits per heavy atom. The molecule has 0 saturated carbocycles. The predicted octanol–water partition coefficient (Wildman–Crippen LogP) is 6.07. The van der Waals surface area contributed by atoms with E-state index in [1.165, 1.54) is 37.3 Å². The standard InChI is InChI=1S/C29H38F2N2O6/c1-27(2,3)38-25(36)32-22(18-11-14-21(30)15-12-18)16-13-19-9-8-10-20(23(19)31)17-29(7,24(34)35)33-26(37)39-28(4,5)6/h8-12,14-15,22H,13,16-17H2,1-7H3,(H,32,36)(H,33,37)(H,34,35). The van der Waals surface area contributed by atoms with Crippen LogP contribution in [0.15, 0.2) is 42.5 Å². The van der Waals surface area contributed by atoms with Crippen molar-refractivity contribution in [3.05, 3.63) is 70.8 Å². The molecule has 0 fully saturated rings. The Kier molecular flexibility index (Phi) is 10.1. The van der Waals surface area contributed by atoms with E-state index in [2.05, 4.69) is 10.6 Å². The number of ether oxygens (including phenoxy) is 2. The molecule has 3 N–H and O–H groups in total. The molecule has 2 aromatic carbocycles. The van der Waals surface area contributed by atoms with E-state index in [0.29, 0.717) is 5.56 Å². The van der Waals surface area contributed by atoms with Gasteiger partial charge in [0.15, 0.2) is 0 Å². The van der Waals surface area contributed by atoms with Crippen LogP contribution in [0.5, 0.6) is 0 Å². The van der Waals surface area contributed by atoms with Crippen molar-refractivity contribution in [3.8, 4) is 0 Å². The number of hydrogen-bond acceptors (Lipinski definition) is 5. The van der Waals surface area contributed by atoms with Gasteiger partial charge in [-0.2, -0.15) is 0 Å². The number of benzene rings is 2. The van der Waals surface area contributed by atoms with Crippen LogP contribution in [0.1, 0.15) is 77.6 Å². The molecule has 2 rings (SSSR count). The molecule has 0 aliphatic rings.